The summed E-state index contributed by atoms with van der Waals surface area (Å²) in [5, 5.41) is 11.2. The van der Waals surface area contributed by atoms with E-state index in [1.54, 1.807) is 0 Å². The maximum Gasteiger partial charge on any atom is 0.318 e. The second kappa shape index (κ2) is 5.24. The van der Waals surface area contributed by atoms with Crippen LogP contribution in [-0.4, -0.2) is 54.4 Å². The van der Waals surface area contributed by atoms with Gasteiger partial charge in [0.1, 0.15) is 17.6 Å². The van der Waals surface area contributed by atoms with Gasteiger partial charge in [0.05, 0.1) is 19.3 Å². The third kappa shape index (κ3) is 1.87. The molecule has 0 radical (unpaired) electrons. The molecule has 1 spiro atoms. The molecule has 7 aliphatic rings. The molecule has 29 heavy (non-hydrogen) atoms. The number of ether oxygens (including phenoxy) is 4. The predicted molar refractivity (Wildman–Crippen MR) is 98.3 cm³/mol. The third-order valence-electron chi connectivity index (χ3n) is 9.34. The average Bonchev–Trinajstić information content (AvgIpc) is 3.13. The van der Waals surface area contributed by atoms with E-state index in [0.717, 1.165) is 19.3 Å². The first kappa shape index (κ1) is 18.3. The molecule has 0 aromatic heterocycles. The fraction of sp³-hybridized carbons (Fsp3) is 0.818. The van der Waals surface area contributed by atoms with Gasteiger partial charge in [0.2, 0.25) is 0 Å². The Balaban J connectivity index is 1.45. The number of carbonyl (C=O) groups excluding carboxylic acids is 2. The van der Waals surface area contributed by atoms with Crippen LogP contribution in [0.1, 0.15) is 46.5 Å². The summed E-state index contributed by atoms with van der Waals surface area (Å²) in [4.78, 5) is 24.6. The maximum atomic E-state index is 13.0. The van der Waals surface area contributed by atoms with Crippen LogP contribution >= 0.6 is 0 Å². The van der Waals surface area contributed by atoms with Crippen LogP contribution in [0.15, 0.2) is 11.6 Å². The van der Waals surface area contributed by atoms with Crippen molar-refractivity contribution in [1.29, 1.82) is 0 Å². The molecule has 3 aliphatic carbocycles. The number of hydrogen-bond acceptors (Lipinski definition) is 7. The molecule has 4 saturated heterocycles. The summed E-state index contributed by atoms with van der Waals surface area (Å²) < 4.78 is 23.7. The number of rotatable bonds is 1. The van der Waals surface area contributed by atoms with Crippen molar-refractivity contribution in [3.8, 4) is 0 Å². The van der Waals surface area contributed by atoms with Gasteiger partial charge in [0, 0.05) is 30.1 Å². The van der Waals surface area contributed by atoms with Crippen LogP contribution in [0.5, 0.6) is 0 Å². The molecule has 2 bridgehead atoms. The summed E-state index contributed by atoms with van der Waals surface area (Å²) in [6.07, 6.45) is 4.37. The molecule has 9 atom stereocenters. The van der Waals surface area contributed by atoms with Gasteiger partial charge in [0.15, 0.2) is 5.79 Å². The van der Waals surface area contributed by atoms with Crippen molar-refractivity contribution >= 4 is 11.9 Å². The number of fused-ring (bicyclic) bond motifs is 5. The van der Waals surface area contributed by atoms with Crippen LogP contribution in [0.25, 0.3) is 0 Å². The molecule has 4 aliphatic heterocycles. The minimum Gasteiger partial charge on any atom is -0.459 e. The van der Waals surface area contributed by atoms with Gasteiger partial charge in [0.25, 0.3) is 0 Å². The lowest BCUT2D eigenvalue weighted by Crippen LogP contribution is -2.72. The largest absolute Gasteiger partial charge is 0.459 e. The van der Waals surface area contributed by atoms with Crippen molar-refractivity contribution in [1.82, 2.24) is 0 Å². The molecular formula is C22H28O7. The minimum atomic E-state index is -1.44. The Labute approximate surface area is 169 Å². The highest BCUT2D eigenvalue weighted by Gasteiger charge is 2.79. The standard InChI is InChI=1S/C22H28O7/c1-11(23)28-15-9-26-17-12-8-14-16-20(3,18(24)29-14)22(25)7-6-21(16,10-27-22)13(12)4-5-19(15,17)2/h8,13-17,25H,4-7,9-10H2,1-3H3/t13-,14-,15-,16+,17+,19+,20+,21+,22+/m1/s1. The molecule has 4 heterocycles. The molecule has 6 fully saturated rings. The van der Waals surface area contributed by atoms with E-state index in [4.69, 9.17) is 18.9 Å². The van der Waals surface area contributed by atoms with Crippen molar-refractivity contribution in [2.45, 2.75) is 70.6 Å². The van der Waals surface area contributed by atoms with Crippen molar-refractivity contribution in [3.63, 3.8) is 0 Å². The molecule has 0 unspecified atom stereocenters. The molecule has 0 aromatic carbocycles. The lowest BCUT2D eigenvalue weighted by atomic mass is 9.42. The number of carbonyl (C=O) groups is 2. The quantitative estimate of drug-likeness (QED) is 0.526. The van der Waals surface area contributed by atoms with Crippen LogP contribution in [-0.2, 0) is 28.5 Å². The Kier molecular flexibility index (Phi) is 3.31. The van der Waals surface area contributed by atoms with E-state index in [9.17, 15) is 14.7 Å². The van der Waals surface area contributed by atoms with Crippen LogP contribution in [0.3, 0.4) is 0 Å². The number of hydrogen-bond donors (Lipinski definition) is 1. The Morgan fingerprint density at radius 3 is 2.76 bits per heavy atom. The van der Waals surface area contributed by atoms with E-state index >= 15 is 0 Å². The van der Waals surface area contributed by atoms with E-state index in [2.05, 4.69) is 13.0 Å². The second-order valence-corrected chi connectivity index (χ2v) is 10.4. The molecule has 7 heteroatoms. The second-order valence-electron chi connectivity index (χ2n) is 10.4. The Morgan fingerprint density at radius 1 is 1.28 bits per heavy atom. The van der Waals surface area contributed by atoms with Crippen molar-refractivity contribution in [3.05, 3.63) is 11.6 Å². The monoisotopic (exact) mass is 404 g/mol. The SMILES string of the molecule is CC(=O)O[C@@H]1CO[C@H]2C3=C[C@H]4OC(=O)[C@]5(C)[C@H]4[C@]4(CC[C@]5(O)OC4)[C@@H]3CC[C@@]12C. The van der Waals surface area contributed by atoms with Crippen LogP contribution in [0.4, 0.5) is 0 Å². The molecule has 0 aromatic rings. The first-order chi connectivity index (χ1) is 13.7. The number of esters is 2. The van der Waals surface area contributed by atoms with Gasteiger partial charge in [-0.15, -0.1) is 0 Å². The van der Waals surface area contributed by atoms with Gasteiger partial charge >= 0.3 is 11.9 Å². The Hall–Kier alpha value is -1.44. The third-order valence-corrected chi connectivity index (χ3v) is 9.34. The summed E-state index contributed by atoms with van der Waals surface area (Å²) in [5.41, 5.74) is -0.380. The lowest BCUT2D eigenvalue weighted by molar-refractivity contribution is -0.367. The topological polar surface area (TPSA) is 91.3 Å². The van der Waals surface area contributed by atoms with E-state index in [1.165, 1.54) is 12.5 Å². The van der Waals surface area contributed by atoms with Gasteiger partial charge in [-0.25, -0.2) is 0 Å². The Morgan fingerprint density at radius 2 is 2.07 bits per heavy atom. The molecule has 0 amide bonds. The highest BCUT2D eigenvalue weighted by molar-refractivity contribution is 5.82. The smallest absolute Gasteiger partial charge is 0.318 e. The molecular weight excluding hydrogens is 376 g/mol. The highest BCUT2D eigenvalue weighted by atomic mass is 16.6. The molecule has 158 valence electrons. The van der Waals surface area contributed by atoms with Crippen LogP contribution < -0.4 is 0 Å². The van der Waals surface area contributed by atoms with E-state index in [0.29, 0.717) is 19.6 Å². The lowest BCUT2D eigenvalue weighted by Gasteiger charge is -2.66. The molecule has 1 N–H and O–H groups in total. The minimum absolute atomic E-state index is 0.0845. The molecule has 7 rings (SSSR count). The van der Waals surface area contributed by atoms with Gasteiger partial charge in [-0.2, -0.15) is 0 Å². The zero-order valence-electron chi connectivity index (χ0n) is 17.1. The zero-order chi connectivity index (χ0) is 20.4. The first-order valence-electron chi connectivity index (χ1n) is 10.7. The number of aliphatic hydroxyl groups is 1. The summed E-state index contributed by atoms with van der Waals surface area (Å²) in [6, 6.07) is 0. The van der Waals surface area contributed by atoms with Crippen molar-refractivity contribution < 1.29 is 33.6 Å². The summed E-state index contributed by atoms with van der Waals surface area (Å²) in [6.45, 7) is 6.23. The van der Waals surface area contributed by atoms with Crippen molar-refractivity contribution in [2.75, 3.05) is 13.2 Å². The maximum absolute atomic E-state index is 13.0. The molecule has 2 saturated carbocycles. The fourth-order valence-corrected chi connectivity index (χ4v) is 7.84. The van der Waals surface area contributed by atoms with E-state index in [-0.39, 0.29) is 52.9 Å². The normalized spacial score (nSPS) is 56.8. The van der Waals surface area contributed by atoms with Gasteiger partial charge in [-0.1, -0.05) is 6.92 Å². The van der Waals surface area contributed by atoms with Gasteiger partial charge < -0.3 is 24.1 Å². The summed E-state index contributed by atoms with van der Waals surface area (Å²) in [5.74, 6) is -1.95. The predicted octanol–water partition coefficient (Wildman–Crippen LogP) is 1.72. The first-order valence-corrected chi connectivity index (χ1v) is 10.7. The van der Waals surface area contributed by atoms with E-state index in [1.807, 2.05) is 6.92 Å². The van der Waals surface area contributed by atoms with Crippen molar-refractivity contribution in [2.24, 2.45) is 28.1 Å². The highest BCUT2D eigenvalue weighted by Crippen LogP contribution is 2.72. The van der Waals surface area contributed by atoms with E-state index < -0.39 is 11.2 Å². The van der Waals surface area contributed by atoms with Gasteiger partial charge in [-0.3, -0.25) is 9.59 Å². The molecule has 7 nitrogen and oxygen atoms in total. The Bertz CT molecular complexity index is 840. The average molecular weight is 404 g/mol. The summed E-state index contributed by atoms with van der Waals surface area (Å²) >= 11 is 0. The zero-order valence-corrected chi connectivity index (χ0v) is 17.1. The fourth-order valence-electron chi connectivity index (χ4n) is 7.84. The van der Waals surface area contributed by atoms with Gasteiger partial charge in [-0.05, 0) is 43.8 Å². The van der Waals surface area contributed by atoms with Crippen LogP contribution in [0, 0.1) is 28.1 Å². The summed E-state index contributed by atoms with van der Waals surface area (Å²) in [7, 11) is 0. The van der Waals surface area contributed by atoms with Crippen LogP contribution in [0.2, 0.25) is 0 Å².